The highest BCUT2D eigenvalue weighted by atomic mass is 19.4. The van der Waals surface area contributed by atoms with Gasteiger partial charge in [-0.3, -0.25) is 4.79 Å². The molecule has 1 aliphatic rings. The predicted molar refractivity (Wildman–Crippen MR) is 113 cm³/mol. The molecule has 0 fully saturated rings. The topological polar surface area (TPSA) is 78.1 Å². The normalized spacial score (nSPS) is 13.6. The Hall–Kier alpha value is -3.62. The van der Waals surface area contributed by atoms with Gasteiger partial charge in [-0.15, -0.1) is 0 Å². The van der Waals surface area contributed by atoms with Crippen molar-refractivity contribution in [1.29, 1.82) is 0 Å². The van der Waals surface area contributed by atoms with Crippen LogP contribution in [0.15, 0.2) is 53.3 Å². The molecule has 0 radical (unpaired) electrons. The fourth-order valence-corrected chi connectivity index (χ4v) is 3.77. The molecule has 0 saturated carbocycles. The first-order valence-corrected chi connectivity index (χ1v) is 10.1. The zero-order valence-electron chi connectivity index (χ0n) is 17.3. The largest absolute Gasteiger partial charge is 0.416 e. The molecule has 2 N–H and O–H groups in total. The number of para-hydroxylation sites is 1. The molecule has 3 aromatic rings. The van der Waals surface area contributed by atoms with E-state index in [4.69, 9.17) is 0 Å². The van der Waals surface area contributed by atoms with Crippen molar-refractivity contribution >= 4 is 11.7 Å². The van der Waals surface area contributed by atoms with Crippen molar-refractivity contribution in [3.8, 4) is 0 Å². The van der Waals surface area contributed by atoms with Crippen LogP contribution in [0.5, 0.6) is 0 Å². The number of amides is 2. The lowest BCUT2D eigenvalue weighted by atomic mass is 10.0. The number of nitrogens with zero attached hydrogens (tertiary/aromatic N) is 2. The van der Waals surface area contributed by atoms with E-state index < -0.39 is 17.3 Å². The molecular weight excluding hydrogens is 421 g/mol. The molecule has 2 heterocycles. The molecule has 32 heavy (non-hydrogen) atoms. The van der Waals surface area contributed by atoms with E-state index in [-0.39, 0.29) is 30.4 Å². The number of aromatic nitrogens is 2. The van der Waals surface area contributed by atoms with Crippen LogP contribution in [0.3, 0.4) is 0 Å². The Balaban J connectivity index is 1.53. The Kier molecular flexibility index (Phi) is 5.73. The van der Waals surface area contributed by atoms with Gasteiger partial charge in [0, 0.05) is 25.1 Å². The summed E-state index contributed by atoms with van der Waals surface area (Å²) in [7, 11) is 0. The maximum atomic E-state index is 13.3. The third-order valence-electron chi connectivity index (χ3n) is 5.47. The minimum absolute atomic E-state index is 0.0399. The Morgan fingerprint density at radius 1 is 1.16 bits per heavy atom. The molecule has 2 aromatic carbocycles. The lowest BCUT2D eigenvalue weighted by Gasteiger charge is -2.28. The zero-order chi connectivity index (χ0) is 22.9. The van der Waals surface area contributed by atoms with Gasteiger partial charge in [0.1, 0.15) is 5.82 Å². The van der Waals surface area contributed by atoms with Gasteiger partial charge in [-0.2, -0.15) is 13.2 Å². The van der Waals surface area contributed by atoms with Gasteiger partial charge in [0.2, 0.25) is 0 Å². The number of fused-ring (bicyclic) bond motifs is 1. The van der Waals surface area contributed by atoms with E-state index >= 15 is 0 Å². The molecule has 9 heteroatoms. The predicted octanol–water partition coefficient (Wildman–Crippen LogP) is 4.28. The number of aryl methyl sites for hydroxylation is 1. The third-order valence-corrected chi connectivity index (χ3v) is 5.47. The number of urea groups is 1. The van der Waals surface area contributed by atoms with E-state index in [9.17, 15) is 22.8 Å². The van der Waals surface area contributed by atoms with Crippen LogP contribution in [0.2, 0.25) is 0 Å². The van der Waals surface area contributed by atoms with Crippen LogP contribution in [0.25, 0.3) is 0 Å². The Morgan fingerprint density at radius 3 is 2.62 bits per heavy atom. The molecule has 0 atom stereocenters. The zero-order valence-corrected chi connectivity index (χ0v) is 17.3. The number of halogens is 3. The number of carbonyl (C=O) groups excluding carboxylic acids is 1. The van der Waals surface area contributed by atoms with Crippen molar-refractivity contribution in [1.82, 2.24) is 14.9 Å². The van der Waals surface area contributed by atoms with Crippen molar-refractivity contribution in [2.75, 3.05) is 11.9 Å². The number of hydrogen-bond acceptors (Lipinski definition) is 3. The van der Waals surface area contributed by atoms with E-state index in [2.05, 4.69) is 15.3 Å². The Morgan fingerprint density at radius 2 is 1.88 bits per heavy atom. The first-order valence-electron chi connectivity index (χ1n) is 10.1. The van der Waals surface area contributed by atoms with E-state index in [1.165, 1.54) is 23.1 Å². The second kappa shape index (κ2) is 8.49. The van der Waals surface area contributed by atoms with E-state index in [0.717, 1.165) is 11.6 Å². The highest BCUT2D eigenvalue weighted by Gasteiger charge is 2.33. The molecule has 0 saturated heterocycles. The van der Waals surface area contributed by atoms with Crippen molar-refractivity contribution in [2.24, 2.45) is 0 Å². The molecule has 2 amide bonds. The van der Waals surface area contributed by atoms with Gasteiger partial charge in [-0.05, 0) is 30.2 Å². The lowest BCUT2D eigenvalue weighted by Crippen LogP contribution is -2.42. The second-order valence-corrected chi connectivity index (χ2v) is 7.69. The maximum absolute atomic E-state index is 13.3. The summed E-state index contributed by atoms with van der Waals surface area (Å²) < 4.78 is 39.8. The summed E-state index contributed by atoms with van der Waals surface area (Å²) in [5.74, 6) is 0.170. The summed E-state index contributed by atoms with van der Waals surface area (Å²) >= 11 is 0. The summed E-state index contributed by atoms with van der Waals surface area (Å²) in [4.78, 5) is 33.8. The highest BCUT2D eigenvalue weighted by molar-refractivity contribution is 5.90. The Bertz CT molecular complexity index is 1220. The van der Waals surface area contributed by atoms with Crippen LogP contribution in [-0.2, 0) is 25.6 Å². The monoisotopic (exact) mass is 442 g/mol. The number of aromatic amines is 1. The number of rotatable bonds is 3. The molecule has 166 valence electrons. The number of benzene rings is 2. The van der Waals surface area contributed by atoms with Gasteiger partial charge in [-0.1, -0.05) is 36.4 Å². The molecule has 0 bridgehead atoms. The summed E-state index contributed by atoms with van der Waals surface area (Å²) in [5.41, 5.74) is 1.31. The minimum atomic E-state index is -4.49. The summed E-state index contributed by atoms with van der Waals surface area (Å²) in [5, 5.41) is 2.84. The Labute approximate surface area is 182 Å². The molecule has 4 rings (SSSR count). The summed E-state index contributed by atoms with van der Waals surface area (Å²) in [6.07, 6.45) is -4.29. The maximum Gasteiger partial charge on any atom is 0.416 e. The molecule has 0 unspecified atom stereocenters. The molecular formula is C23H21F3N4O2. The van der Waals surface area contributed by atoms with Crippen LogP contribution in [-0.4, -0.2) is 27.4 Å². The standard InChI is InChI=1S/C23H21F3N4O2/c1-14-6-2-5-9-18(14)28-22(32)30-11-10-19-16(13-30)21(31)29-20(27-19)12-15-7-3-4-8-17(15)23(24,25)26/h2-9H,10-13H2,1H3,(H,28,32)(H,27,29,31). The third kappa shape index (κ3) is 4.51. The number of hydrogen-bond donors (Lipinski definition) is 2. The number of H-pyrrole nitrogens is 1. The van der Waals surface area contributed by atoms with Crippen LogP contribution in [0.4, 0.5) is 23.7 Å². The first-order chi connectivity index (χ1) is 15.2. The minimum Gasteiger partial charge on any atom is -0.320 e. The fraction of sp³-hybridized carbons (Fsp3) is 0.261. The summed E-state index contributed by atoms with van der Waals surface area (Å²) in [6.45, 7) is 2.31. The van der Waals surface area contributed by atoms with Gasteiger partial charge in [0.25, 0.3) is 5.56 Å². The average Bonchev–Trinajstić information content (AvgIpc) is 2.75. The molecule has 0 spiro atoms. The fourth-order valence-electron chi connectivity index (χ4n) is 3.77. The second-order valence-electron chi connectivity index (χ2n) is 7.69. The van der Waals surface area contributed by atoms with E-state index in [1.54, 1.807) is 6.07 Å². The SMILES string of the molecule is Cc1ccccc1NC(=O)N1CCc2nc(Cc3ccccc3C(F)(F)F)[nH]c(=O)c2C1. The van der Waals surface area contributed by atoms with Gasteiger partial charge in [0.15, 0.2) is 0 Å². The number of anilines is 1. The van der Waals surface area contributed by atoms with Crippen molar-refractivity contribution < 1.29 is 18.0 Å². The average molecular weight is 442 g/mol. The van der Waals surface area contributed by atoms with Crippen molar-refractivity contribution in [3.05, 3.63) is 92.7 Å². The van der Waals surface area contributed by atoms with E-state index in [0.29, 0.717) is 29.9 Å². The van der Waals surface area contributed by atoms with Gasteiger partial charge >= 0.3 is 12.2 Å². The highest BCUT2D eigenvalue weighted by Crippen LogP contribution is 2.32. The number of alkyl halides is 3. The lowest BCUT2D eigenvalue weighted by molar-refractivity contribution is -0.138. The molecule has 1 aliphatic heterocycles. The van der Waals surface area contributed by atoms with Crippen LogP contribution < -0.4 is 10.9 Å². The van der Waals surface area contributed by atoms with E-state index in [1.807, 2.05) is 25.1 Å². The number of nitrogens with one attached hydrogen (secondary N) is 2. The first kappa shape index (κ1) is 21.6. The molecule has 6 nitrogen and oxygen atoms in total. The van der Waals surface area contributed by atoms with Crippen molar-refractivity contribution in [3.63, 3.8) is 0 Å². The summed E-state index contributed by atoms with van der Waals surface area (Å²) in [6, 6.07) is 12.3. The van der Waals surface area contributed by atoms with Crippen LogP contribution in [0, 0.1) is 6.92 Å². The smallest absolute Gasteiger partial charge is 0.320 e. The van der Waals surface area contributed by atoms with Gasteiger partial charge in [-0.25, -0.2) is 9.78 Å². The van der Waals surface area contributed by atoms with Gasteiger partial charge < -0.3 is 15.2 Å². The number of carbonyl (C=O) groups is 1. The van der Waals surface area contributed by atoms with Crippen LogP contribution in [0.1, 0.15) is 33.8 Å². The molecule has 0 aliphatic carbocycles. The van der Waals surface area contributed by atoms with Crippen molar-refractivity contribution in [2.45, 2.75) is 32.5 Å². The van der Waals surface area contributed by atoms with Crippen LogP contribution >= 0.6 is 0 Å². The molecule has 1 aromatic heterocycles. The van der Waals surface area contributed by atoms with Gasteiger partial charge in [0.05, 0.1) is 23.4 Å². The quantitative estimate of drug-likeness (QED) is 0.636.